The van der Waals surface area contributed by atoms with E-state index >= 15 is 0 Å². The third kappa shape index (κ3) is 3.60. The van der Waals surface area contributed by atoms with E-state index in [4.69, 9.17) is 0 Å². The van der Waals surface area contributed by atoms with Crippen LogP contribution in [0, 0.1) is 5.92 Å². The molecule has 1 saturated carbocycles. The first-order valence-corrected chi connectivity index (χ1v) is 6.98. The molecule has 17 heavy (non-hydrogen) atoms. The molecule has 2 fully saturated rings. The van der Waals surface area contributed by atoms with Crippen LogP contribution in [0.2, 0.25) is 0 Å². The van der Waals surface area contributed by atoms with E-state index in [0.717, 1.165) is 45.2 Å². The topological polar surface area (TPSA) is 52.6 Å². The van der Waals surface area contributed by atoms with Crippen molar-refractivity contribution in [2.24, 2.45) is 5.92 Å². The maximum Gasteiger partial charge on any atom is 0.317 e. The summed E-state index contributed by atoms with van der Waals surface area (Å²) in [4.78, 5) is 13.8. The van der Waals surface area contributed by atoms with Gasteiger partial charge in [0.05, 0.1) is 6.10 Å². The van der Waals surface area contributed by atoms with E-state index in [9.17, 15) is 9.90 Å². The predicted octanol–water partition coefficient (Wildman–Crippen LogP) is 1.73. The summed E-state index contributed by atoms with van der Waals surface area (Å²) in [5.74, 6) is 0.262. The van der Waals surface area contributed by atoms with E-state index in [1.54, 1.807) is 0 Å². The second-order valence-corrected chi connectivity index (χ2v) is 5.35. The van der Waals surface area contributed by atoms with Gasteiger partial charge in [-0.3, -0.25) is 0 Å². The Kier molecular flexibility index (Phi) is 4.66. The zero-order valence-corrected chi connectivity index (χ0v) is 10.5. The van der Waals surface area contributed by atoms with Gasteiger partial charge in [0.15, 0.2) is 0 Å². The molecule has 1 aliphatic carbocycles. The van der Waals surface area contributed by atoms with Crippen molar-refractivity contribution in [3.63, 3.8) is 0 Å². The second kappa shape index (κ2) is 6.24. The van der Waals surface area contributed by atoms with Gasteiger partial charge in [0.2, 0.25) is 0 Å². The predicted molar refractivity (Wildman–Crippen MR) is 66.8 cm³/mol. The van der Waals surface area contributed by atoms with Crippen molar-refractivity contribution in [2.45, 2.75) is 51.0 Å². The van der Waals surface area contributed by atoms with E-state index in [-0.39, 0.29) is 18.1 Å². The largest absolute Gasteiger partial charge is 0.393 e. The highest BCUT2D eigenvalue weighted by Gasteiger charge is 2.24. The van der Waals surface area contributed by atoms with Crippen LogP contribution in [-0.2, 0) is 0 Å². The zero-order valence-electron chi connectivity index (χ0n) is 10.5. The maximum atomic E-state index is 11.9. The molecular weight excluding hydrogens is 216 g/mol. The van der Waals surface area contributed by atoms with Crippen LogP contribution in [-0.4, -0.2) is 41.8 Å². The minimum absolute atomic E-state index is 0.0578. The summed E-state index contributed by atoms with van der Waals surface area (Å²) in [6.45, 7) is 2.41. The van der Waals surface area contributed by atoms with Gasteiger partial charge in [-0.2, -0.15) is 0 Å². The standard InChI is InChI=1S/C13H24N2O2/c16-12-7-3-2-6-11(12)10-14-13(17)15-8-4-1-5-9-15/h11-12,16H,1-10H2,(H,14,17). The summed E-state index contributed by atoms with van der Waals surface area (Å²) < 4.78 is 0. The molecule has 4 nitrogen and oxygen atoms in total. The molecule has 2 atom stereocenters. The number of piperidine rings is 1. The van der Waals surface area contributed by atoms with Crippen LogP contribution >= 0.6 is 0 Å². The SMILES string of the molecule is O=C(NCC1CCCCC1O)N1CCCCC1. The maximum absolute atomic E-state index is 11.9. The number of hydrogen-bond donors (Lipinski definition) is 2. The average Bonchev–Trinajstić information content (AvgIpc) is 2.38. The Morgan fingerprint density at radius 3 is 2.53 bits per heavy atom. The van der Waals surface area contributed by atoms with Gasteiger partial charge in [0.1, 0.15) is 0 Å². The molecule has 2 N–H and O–H groups in total. The van der Waals surface area contributed by atoms with Gasteiger partial charge in [-0.05, 0) is 32.1 Å². The lowest BCUT2D eigenvalue weighted by Crippen LogP contribution is -2.45. The van der Waals surface area contributed by atoms with Crippen LogP contribution in [0.15, 0.2) is 0 Å². The minimum atomic E-state index is -0.217. The van der Waals surface area contributed by atoms with Crippen molar-refractivity contribution >= 4 is 6.03 Å². The number of aliphatic hydroxyl groups excluding tert-OH is 1. The van der Waals surface area contributed by atoms with Crippen molar-refractivity contribution in [3.8, 4) is 0 Å². The first-order valence-electron chi connectivity index (χ1n) is 6.98. The summed E-state index contributed by atoms with van der Waals surface area (Å²) in [5, 5.41) is 12.8. The van der Waals surface area contributed by atoms with Crippen LogP contribution in [0.1, 0.15) is 44.9 Å². The molecule has 0 aromatic carbocycles. The molecule has 0 aromatic heterocycles. The van der Waals surface area contributed by atoms with Crippen LogP contribution < -0.4 is 5.32 Å². The molecule has 4 heteroatoms. The van der Waals surface area contributed by atoms with Crippen molar-refractivity contribution in [3.05, 3.63) is 0 Å². The summed E-state index contributed by atoms with van der Waals surface area (Å²) in [6.07, 6.45) is 7.51. The average molecular weight is 240 g/mol. The Hall–Kier alpha value is -0.770. The molecule has 2 aliphatic rings. The molecule has 1 saturated heterocycles. The van der Waals surface area contributed by atoms with Gasteiger partial charge in [-0.25, -0.2) is 4.79 Å². The van der Waals surface area contributed by atoms with Crippen molar-refractivity contribution in [1.82, 2.24) is 10.2 Å². The molecule has 2 rings (SSSR count). The van der Waals surface area contributed by atoms with Crippen LogP contribution in [0.25, 0.3) is 0 Å². The summed E-state index contributed by atoms with van der Waals surface area (Å²) >= 11 is 0. The number of hydrogen-bond acceptors (Lipinski definition) is 2. The Morgan fingerprint density at radius 1 is 1.12 bits per heavy atom. The number of rotatable bonds is 2. The number of aliphatic hydroxyl groups is 1. The van der Waals surface area contributed by atoms with Crippen LogP contribution in [0.4, 0.5) is 4.79 Å². The highest BCUT2D eigenvalue weighted by Crippen LogP contribution is 2.23. The Labute approximate surface area is 103 Å². The van der Waals surface area contributed by atoms with Gasteiger partial charge in [0, 0.05) is 25.6 Å². The van der Waals surface area contributed by atoms with E-state index in [2.05, 4.69) is 5.32 Å². The van der Waals surface area contributed by atoms with Crippen molar-refractivity contribution in [1.29, 1.82) is 0 Å². The lowest BCUT2D eigenvalue weighted by molar-refractivity contribution is 0.0697. The number of nitrogens with zero attached hydrogens (tertiary/aromatic N) is 1. The Morgan fingerprint density at radius 2 is 1.82 bits per heavy atom. The Bertz CT molecular complexity index is 252. The fourth-order valence-electron chi connectivity index (χ4n) is 2.85. The monoisotopic (exact) mass is 240 g/mol. The highest BCUT2D eigenvalue weighted by molar-refractivity contribution is 5.74. The van der Waals surface area contributed by atoms with E-state index in [1.807, 2.05) is 4.90 Å². The molecule has 2 amide bonds. The normalized spacial score (nSPS) is 30.1. The fraction of sp³-hybridized carbons (Fsp3) is 0.923. The summed E-state index contributed by atoms with van der Waals surface area (Å²) in [7, 11) is 0. The fourth-order valence-corrected chi connectivity index (χ4v) is 2.85. The first kappa shape index (κ1) is 12.7. The summed E-state index contributed by atoms with van der Waals surface area (Å²) in [5.41, 5.74) is 0. The number of nitrogens with one attached hydrogen (secondary N) is 1. The van der Waals surface area contributed by atoms with Crippen molar-refractivity contribution in [2.75, 3.05) is 19.6 Å². The lowest BCUT2D eigenvalue weighted by Gasteiger charge is -2.30. The van der Waals surface area contributed by atoms with Gasteiger partial charge in [-0.15, -0.1) is 0 Å². The lowest BCUT2D eigenvalue weighted by atomic mass is 9.86. The number of amides is 2. The molecule has 0 radical (unpaired) electrons. The highest BCUT2D eigenvalue weighted by atomic mass is 16.3. The third-order valence-electron chi connectivity index (χ3n) is 4.03. The molecular formula is C13H24N2O2. The number of likely N-dealkylation sites (tertiary alicyclic amines) is 1. The molecule has 1 aliphatic heterocycles. The summed E-state index contributed by atoms with van der Waals surface area (Å²) in [6, 6.07) is 0.0578. The number of carbonyl (C=O) groups excluding carboxylic acids is 1. The smallest absolute Gasteiger partial charge is 0.317 e. The van der Waals surface area contributed by atoms with Gasteiger partial charge < -0.3 is 15.3 Å². The zero-order chi connectivity index (χ0) is 12.1. The third-order valence-corrected chi connectivity index (χ3v) is 4.03. The molecule has 0 bridgehead atoms. The van der Waals surface area contributed by atoms with Crippen molar-refractivity contribution < 1.29 is 9.90 Å². The molecule has 98 valence electrons. The molecule has 1 heterocycles. The number of carbonyl (C=O) groups is 1. The Balaban J connectivity index is 1.71. The van der Waals surface area contributed by atoms with Gasteiger partial charge in [-0.1, -0.05) is 12.8 Å². The van der Waals surface area contributed by atoms with E-state index in [0.29, 0.717) is 6.54 Å². The quantitative estimate of drug-likeness (QED) is 0.772. The molecule has 0 aromatic rings. The van der Waals surface area contributed by atoms with E-state index < -0.39 is 0 Å². The second-order valence-electron chi connectivity index (χ2n) is 5.35. The molecule has 2 unspecified atom stereocenters. The minimum Gasteiger partial charge on any atom is -0.393 e. The van der Waals surface area contributed by atoms with Crippen LogP contribution in [0.3, 0.4) is 0 Å². The van der Waals surface area contributed by atoms with Gasteiger partial charge >= 0.3 is 6.03 Å². The first-order chi connectivity index (χ1) is 8.27. The van der Waals surface area contributed by atoms with E-state index in [1.165, 1.54) is 12.8 Å². The number of urea groups is 1. The van der Waals surface area contributed by atoms with Gasteiger partial charge in [0.25, 0.3) is 0 Å². The molecule has 0 spiro atoms. The van der Waals surface area contributed by atoms with Crippen LogP contribution in [0.5, 0.6) is 0 Å².